The van der Waals surface area contributed by atoms with Gasteiger partial charge in [0.15, 0.2) is 0 Å². The molecule has 3 aromatic rings. The summed E-state index contributed by atoms with van der Waals surface area (Å²) in [6.45, 7) is 0. The van der Waals surface area contributed by atoms with Crippen LogP contribution in [-0.4, -0.2) is 24.8 Å². The molecule has 0 aliphatic carbocycles. The predicted octanol–water partition coefficient (Wildman–Crippen LogP) is 3.45. The summed E-state index contributed by atoms with van der Waals surface area (Å²) in [5.74, 6) is 0.454. The Kier molecular flexibility index (Phi) is 4.70. The lowest BCUT2D eigenvalue weighted by Crippen LogP contribution is -2.16. The standard InChI is InChI=1S/C18H13ClN4O4S/c19-12-4-2-5-13(8-12)22-17(15-9-28(27)10-16(15)21-22)20-18(24)11-3-1-6-14(7-11)23(25)26/h1-8H,9-10H2,(H,20,24). The number of aromatic nitrogens is 2. The number of non-ortho nitro benzene ring substituents is 1. The number of hydrogen-bond donors (Lipinski definition) is 1. The first-order chi connectivity index (χ1) is 13.4. The molecule has 1 N–H and O–H groups in total. The number of carbonyl (C=O) groups excluding carboxylic acids is 1. The van der Waals surface area contributed by atoms with Gasteiger partial charge in [0.2, 0.25) is 0 Å². The molecule has 1 aliphatic heterocycles. The highest BCUT2D eigenvalue weighted by Gasteiger charge is 2.28. The normalized spacial score (nSPS) is 15.2. The number of rotatable bonds is 4. The Hall–Kier alpha value is -3.04. The number of nitro groups is 1. The molecule has 8 nitrogen and oxygen atoms in total. The highest BCUT2D eigenvalue weighted by Crippen LogP contribution is 2.32. The lowest BCUT2D eigenvalue weighted by molar-refractivity contribution is -0.384. The lowest BCUT2D eigenvalue weighted by Gasteiger charge is -2.11. The smallest absolute Gasteiger partial charge is 0.270 e. The second-order valence-electron chi connectivity index (χ2n) is 6.16. The molecule has 0 fully saturated rings. The summed E-state index contributed by atoms with van der Waals surface area (Å²) < 4.78 is 13.5. The molecule has 2 heterocycles. The summed E-state index contributed by atoms with van der Waals surface area (Å²) >= 11 is 6.07. The Morgan fingerprint density at radius 2 is 2.00 bits per heavy atom. The van der Waals surface area contributed by atoms with Crippen molar-refractivity contribution in [2.24, 2.45) is 0 Å². The molecule has 0 spiro atoms. The topological polar surface area (TPSA) is 107 Å². The first-order valence-corrected chi connectivity index (χ1v) is 10.1. The van der Waals surface area contributed by atoms with Crippen molar-refractivity contribution in [3.8, 4) is 5.69 Å². The number of fused-ring (bicyclic) bond motifs is 1. The van der Waals surface area contributed by atoms with Crippen LogP contribution in [0.25, 0.3) is 5.69 Å². The molecule has 0 saturated carbocycles. The zero-order valence-electron chi connectivity index (χ0n) is 14.3. The molecule has 1 amide bonds. The third-order valence-electron chi connectivity index (χ3n) is 4.27. The number of amides is 1. The number of anilines is 1. The van der Waals surface area contributed by atoms with Crippen molar-refractivity contribution in [3.63, 3.8) is 0 Å². The van der Waals surface area contributed by atoms with Crippen molar-refractivity contribution in [2.45, 2.75) is 11.5 Å². The molecular weight excluding hydrogens is 404 g/mol. The Balaban J connectivity index is 1.75. The Bertz CT molecular complexity index is 1140. The van der Waals surface area contributed by atoms with E-state index in [1.807, 2.05) is 0 Å². The highest BCUT2D eigenvalue weighted by molar-refractivity contribution is 7.83. The van der Waals surface area contributed by atoms with Crippen LogP contribution >= 0.6 is 11.6 Å². The summed E-state index contributed by atoms with van der Waals surface area (Å²) in [7, 11) is -1.08. The molecule has 0 bridgehead atoms. The van der Waals surface area contributed by atoms with Gasteiger partial charge in [-0.3, -0.25) is 19.1 Å². The van der Waals surface area contributed by atoms with E-state index in [-0.39, 0.29) is 17.0 Å². The van der Waals surface area contributed by atoms with E-state index >= 15 is 0 Å². The molecule has 1 atom stereocenters. The Morgan fingerprint density at radius 1 is 1.21 bits per heavy atom. The minimum Gasteiger partial charge on any atom is -0.306 e. The predicted molar refractivity (Wildman–Crippen MR) is 105 cm³/mol. The highest BCUT2D eigenvalue weighted by atomic mass is 35.5. The van der Waals surface area contributed by atoms with Gasteiger partial charge in [0.1, 0.15) is 5.82 Å². The van der Waals surface area contributed by atoms with Gasteiger partial charge in [-0.2, -0.15) is 5.10 Å². The van der Waals surface area contributed by atoms with Crippen LogP contribution in [0.15, 0.2) is 48.5 Å². The Labute approximate surface area is 166 Å². The molecule has 2 aromatic carbocycles. The first kappa shape index (κ1) is 18.3. The van der Waals surface area contributed by atoms with Crippen LogP contribution in [0, 0.1) is 10.1 Å². The molecule has 28 heavy (non-hydrogen) atoms. The zero-order chi connectivity index (χ0) is 19.8. The van der Waals surface area contributed by atoms with Crippen LogP contribution in [0.1, 0.15) is 21.6 Å². The van der Waals surface area contributed by atoms with Crippen molar-refractivity contribution >= 4 is 39.8 Å². The maximum absolute atomic E-state index is 12.7. The molecule has 1 aromatic heterocycles. The van der Waals surface area contributed by atoms with E-state index in [9.17, 15) is 19.1 Å². The molecule has 142 valence electrons. The van der Waals surface area contributed by atoms with Crippen LogP contribution in [0.2, 0.25) is 5.02 Å². The Morgan fingerprint density at radius 3 is 2.75 bits per heavy atom. The number of nitrogens with one attached hydrogen (secondary N) is 1. The molecule has 0 radical (unpaired) electrons. The fraction of sp³-hybridized carbons (Fsp3) is 0.111. The molecule has 10 heteroatoms. The molecular formula is C18H13ClN4O4S. The van der Waals surface area contributed by atoms with Crippen LogP contribution in [0.3, 0.4) is 0 Å². The minimum atomic E-state index is -1.08. The lowest BCUT2D eigenvalue weighted by atomic mass is 10.2. The summed E-state index contributed by atoms with van der Waals surface area (Å²) in [4.78, 5) is 23.1. The second kappa shape index (κ2) is 7.17. The van der Waals surface area contributed by atoms with Gasteiger partial charge in [-0.15, -0.1) is 0 Å². The van der Waals surface area contributed by atoms with Gasteiger partial charge in [-0.05, 0) is 24.3 Å². The average molecular weight is 417 g/mol. The van der Waals surface area contributed by atoms with Crippen molar-refractivity contribution in [1.82, 2.24) is 9.78 Å². The van der Waals surface area contributed by atoms with Crippen molar-refractivity contribution in [3.05, 3.63) is 80.5 Å². The van der Waals surface area contributed by atoms with E-state index in [0.29, 0.717) is 33.5 Å². The second-order valence-corrected chi connectivity index (χ2v) is 8.05. The fourth-order valence-electron chi connectivity index (χ4n) is 2.99. The molecule has 1 aliphatic rings. The van der Waals surface area contributed by atoms with Crippen molar-refractivity contribution in [1.29, 1.82) is 0 Å². The van der Waals surface area contributed by atoms with E-state index in [1.165, 1.54) is 24.3 Å². The van der Waals surface area contributed by atoms with Crippen LogP contribution in [0.4, 0.5) is 11.5 Å². The summed E-state index contributed by atoms with van der Waals surface area (Å²) in [6.07, 6.45) is 0. The van der Waals surface area contributed by atoms with Gasteiger partial charge in [-0.1, -0.05) is 23.7 Å². The molecule has 0 saturated heterocycles. The average Bonchev–Trinajstić information content (AvgIpc) is 3.19. The van der Waals surface area contributed by atoms with Crippen LogP contribution in [0.5, 0.6) is 0 Å². The number of carbonyl (C=O) groups is 1. The molecule has 4 rings (SSSR count). The number of hydrogen-bond acceptors (Lipinski definition) is 5. The summed E-state index contributed by atoms with van der Waals surface area (Å²) in [5.41, 5.74) is 1.94. The number of nitrogens with zero attached hydrogens (tertiary/aromatic N) is 3. The number of benzene rings is 2. The third kappa shape index (κ3) is 3.41. The van der Waals surface area contributed by atoms with Crippen LogP contribution in [-0.2, 0) is 22.3 Å². The van der Waals surface area contributed by atoms with Gasteiger partial charge in [-0.25, -0.2) is 4.68 Å². The van der Waals surface area contributed by atoms with Gasteiger partial charge in [0, 0.05) is 39.1 Å². The summed E-state index contributed by atoms with van der Waals surface area (Å²) in [5, 5.41) is 18.7. The van der Waals surface area contributed by atoms with E-state index < -0.39 is 21.6 Å². The first-order valence-electron chi connectivity index (χ1n) is 8.20. The largest absolute Gasteiger partial charge is 0.306 e. The number of halogens is 1. The maximum atomic E-state index is 12.7. The van der Waals surface area contributed by atoms with Crippen molar-refractivity contribution < 1.29 is 13.9 Å². The van der Waals surface area contributed by atoms with E-state index in [4.69, 9.17) is 11.6 Å². The minimum absolute atomic E-state index is 0.140. The van der Waals surface area contributed by atoms with E-state index in [0.717, 1.165) is 0 Å². The SMILES string of the molecule is O=C(Nc1c2c(nn1-c1cccc(Cl)c1)CS(=O)C2)c1cccc([N+](=O)[O-])c1. The molecule has 1 unspecified atom stereocenters. The van der Waals surface area contributed by atoms with Crippen LogP contribution < -0.4 is 5.32 Å². The van der Waals surface area contributed by atoms with Crippen molar-refractivity contribution in [2.75, 3.05) is 5.32 Å². The third-order valence-corrected chi connectivity index (χ3v) is 5.71. The zero-order valence-corrected chi connectivity index (χ0v) is 15.9. The maximum Gasteiger partial charge on any atom is 0.270 e. The van der Waals surface area contributed by atoms with Gasteiger partial charge >= 0.3 is 0 Å². The van der Waals surface area contributed by atoms with E-state index in [1.54, 1.807) is 28.9 Å². The monoisotopic (exact) mass is 416 g/mol. The van der Waals surface area contributed by atoms with Gasteiger partial charge in [0.25, 0.3) is 11.6 Å². The van der Waals surface area contributed by atoms with Gasteiger partial charge < -0.3 is 5.32 Å². The quantitative estimate of drug-likeness (QED) is 0.517. The number of nitro benzene ring substituents is 1. The summed E-state index contributed by atoms with van der Waals surface area (Å²) in [6, 6.07) is 12.4. The fourth-order valence-corrected chi connectivity index (χ4v) is 4.44. The van der Waals surface area contributed by atoms with Gasteiger partial charge in [0.05, 0.1) is 27.8 Å². The van der Waals surface area contributed by atoms with E-state index in [2.05, 4.69) is 10.4 Å².